The molecule has 0 aromatic carbocycles. The van der Waals surface area contributed by atoms with Gasteiger partial charge in [0.15, 0.2) is 0 Å². The summed E-state index contributed by atoms with van der Waals surface area (Å²) in [6, 6.07) is -0.437. The van der Waals surface area contributed by atoms with Gasteiger partial charge in [0, 0.05) is 13.1 Å². The van der Waals surface area contributed by atoms with Crippen molar-refractivity contribution in [1.82, 2.24) is 10.2 Å². The fourth-order valence-electron chi connectivity index (χ4n) is 2.85. The molecule has 0 spiro atoms. The van der Waals surface area contributed by atoms with Gasteiger partial charge in [-0.2, -0.15) is 0 Å². The lowest BCUT2D eigenvalue weighted by Gasteiger charge is -2.25. The topological polar surface area (TPSA) is 89.9 Å². The molecule has 3 unspecified atom stereocenters. The van der Waals surface area contributed by atoms with E-state index in [1.807, 2.05) is 0 Å². The average Bonchev–Trinajstić information content (AvgIpc) is 2.78. The third-order valence-corrected chi connectivity index (χ3v) is 4.11. The van der Waals surface area contributed by atoms with E-state index in [2.05, 4.69) is 5.32 Å². The molecule has 3 atom stereocenters. The molecule has 6 heteroatoms. The van der Waals surface area contributed by atoms with Crippen molar-refractivity contribution >= 4 is 12.0 Å². The molecule has 2 fully saturated rings. The second-order valence-corrected chi connectivity index (χ2v) is 5.53. The van der Waals surface area contributed by atoms with Crippen LogP contribution in [0, 0.1) is 5.92 Å². The second kappa shape index (κ2) is 6.23. The maximum atomic E-state index is 12.1. The largest absolute Gasteiger partial charge is 0.481 e. The quantitative estimate of drug-likeness (QED) is 0.647. The highest BCUT2D eigenvalue weighted by atomic mass is 16.4. The van der Waals surface area contributed by atoms with Gasteiger partial charge in [-0.3, -0.25) is 4.79 Å². The summed E-state index contributed by atoms with van der Waals surface area (Å²) < 4.78 is 0. The lowest BCUT2D eigenvalue weighted by molar-refractivity contribution is -0.141. The van der Waals surface area contributed by atoms with Gasteiger partial charge in [-0.1, -0.05) is 19.3 Å². The predicted molar refractivity (Wildman–Crippen MR) is 68.7 cm³/mol. The number of aliphatic carboxylic acids is 1. The maximum Gasteiger partial charge on any atom is 0.317 e. The van der Waals surface area contributed by atoms with E-state index < -0.39 is 18.0 Å². The van der Waals surface area contributed by atoms with Crippen molar-refractivity contribution in [3.05, 3.63) is 0 Å². The van der Waals surface area contributed by atoms with Crippen molar-refractivity contribution in [3.8, 4) is 0 Å². The van der Waals surface area contributed by atoms with Crippen molar-refractivity contribution in [2.45, 2.75) is 50.7 Å². The first-order valence-electron chi connectivity index (χ1n) is 7.04. The van der Waals surface area contributed by atoms with Gasteiger partial charge in [0.25, 0.3) is 0 Å². The molecule has 1 heterocycles. The van der Waals surface area contributed by atoms with Crippen molar-refractivity contribution in [2.75, 3.05) is 13.1 Å². The molecular formula is C13H22N2O4. The highest BCUT2D eigenvalue weighted by Crippen LogP contribution is 2.20. The first-order valence-corrected chi connectivity index (χ1v) is 7.04. The van der Waals surface area contributed by atoms with Gasteiger partial charge in [-0.05, 0) is 19.3 Å². The van der Waals surface area contributed by atoms with E-state index in [1.165, 1.54) is 4.90 Å². The molecule has 108 valence electrons. The lowest BCUT2D eigenvalue weighted by atomic mass is 10.1. The first kappa shape index (κ1) is 14.1. The number of hydrogen-bond donors (Lipinski definition) is 3. The zero-order chi connectivity index (χ0) is 13.8. The van der Waals surface area contributed by atoms with Gasteiger partial charge in [0.2, 0.25) is 0 Å². The van der Waals surface area contributed by atoms with Crippen LogP contribution in [0.4, 0.5) is 4.79 Å². The Morgan fingerprint density at radius 3 is 2.53 bits per heavy atom. The number of aliphatic hydroxyl groups excluding tert-OH is 1. The van der Waals surface area contributed by atoms with Crippen LogP contribution in [0.15, 0.2) is 0 Å². The molecule has 2 aliphatic rings. The number of hydrogen-bond acceptors (Lipinski definition) is 3. The summed E-state index contributed by atoms with van der Waals surface area (Å²) >= 11 is 0. The summed E-state index contributed by atoms with van der Waals surface area (Å²) in [6.07, 6.45) is 4.65. The minimum Gasteiger partial charge on any atom is -0.481 e. The van der Waals surface area contributed by atoms with E-state index >= 15 is 0 Å². The number of amides is 2. The van der Waals surface area contributed by atoms with E-state index in [0.717, 1.165) is 32.1 Å². The van der Waals surface area contributed by atoms with Crippen molar-refractivity contribution in [2.24, 2.45) is 5.92 Å². The highest BCUT2D eigenvalue weighted by Gasteiger charge is 2.32. The van der Waals surface area contributed by atoms with E-state index in [4.69, 9.17) is 5.11 Å². The number of likely N-dealkylation sites (tertiary alicyclic amines) is 1. The molecule has 1 aliphatic carbocycles. The second-order valence-electron chi connectivity index (χ2n) is 5.53. The van der Waals surface area contributed by atoms with Crippen LogP contribution in [0.2, 0.25) is 0 Å². The van der Waals surface area contributed by atoms with Gasteiger partial charge in [0.1, 0.15) is 0 Å². The summed E-state index contributed by atoms with van der Waals surface area (Å²) in [6.45, 7) is 0.746. The number of nitrogens with zero attached hydrogens (tertiary/aromatic N) is 1. The molecule has 19 heavy (non-hydrogen) atoms. The lowest BCUT2D eigenvalue weighted by Crippen LogP contribution is -2.48. The van der Waals surface area contributed by atoms with Crippen LogP contribution in [0.3, 0.4) is 0 Å². The van der Waals surface area contributed by atoms with Crippen LogP contribution in [0.25, 0.3) is 0 Å². The van der Waals surface area contributed by atoms with E-state index in [-0.39, 0.29) is 18.6 Å². The number of nitrogens with one attached hydrogen (secondary N) is 1. The molecule has 1 saturated heterocycles. The zero-order valence-corrected chi connectivity index (χ0v) is 11.0. The molecule has 0 aromatic heterocycles. The highest BCUT2D eigenvalue weighted by molar-refractivity contribution is 5.77. The molecule has 0 radical (unpaired) electrons. The normalized spacial score (nSPS) is 31.8. The number of carbonyl (C=O) groups excluding carboxylic acids is 1. The third-order valence-electron chi connectivity index (χ3n) is 4.11. The van der Waals surface area contributed by atoms with E-state index in [1.54, 1.807) is 0 Å². The Labute approximate surface area is 112 Å². The van der Waals surface area contributed by atoms with Crippen LogP contribution < -0.4 is 5.32 Å². The Morgan fingerprint density at radius 1 is 1.11 bits per heavy atom. The molecule has 1 saturated carbocycles. The van der Waals surface area contributed by atoms with Crippen molar-refractivity contribution in [1.29, 1.82) is 0 Å². The predicted octanol–water partition coefficient (Wildman–Crippen LogP) is 0.796. The summed E-state index contributed by atoms with van der Waals surface area (Å²) in [5.74, 6) is -1.30. The van der Waals surface area contributed by atoms with Crippen LogP contribution in [0.1, 0.15) is 38.5 Å². The third kappa shape index (κ3) is 3.59. The summed E-state index contributed by atoms with van der Waals surface area (Å²) in [5.41, 5.74) is 0. The van der Waals surface area contributed by atoms with Crippen LogP contribution in [-0.2, 0) is 4.79 Å². The summed E-state index contributed by atoms with van der Waals surface area (Å²) in [7, 11) is 0. The fourth-order valence-corrected chi connectivity index (χ4v) is 2.85. The van der Waals surface area contributed by atoms with Gasteiger partial charge < -0.3 is 20.4 Å². The number of urea groups is 1. The SMILES string of the molecule is O=C(O)C1CCN(C(=O)NC2CCCCCC2O)C1. The number of aliphatic hydroxyl groups is 1. The fraction of sp³-hybridized carbons (Fsp3) is 0.846. The van der Waals surface area contributed by atoms with Crippen LogP contribution in [-0.4, -0.2) is 52.3 Å². The number of rotatable bonds is 2. The number of carboxylic acid groups (broad SMARTS) is 1. The average molecular weight is 270 g/mol. The molecule has 3 N–H and O–H groups in total. The Balaban J connectivity index is 1.85. The van der Waals surface area contributed by atoms with Crippen LogP contribution >= 0.6 is 0 Å². The van der Waals surface area contributed by atoms with Gasteiger partial charge in [-0.15, -0.1) is 0 Å². The standard InChI is InChI=1S/C13H22N2O4/c16-11-5-3-1-2-4-10(11)14-13(19)15-7-6-9(8-15)12(17)18/h9-11,16H,1-8H2,(H,14,19)(H,17,18). The van der Waals surface area contributed by atoms with Gasteiger partial charge in [-0.25, -0.2) is 4.79 Å². The van der Waals surface area contributed by atoms with E-state index in [9.17, 15) is 14.7 Å². The smallest absolute Gasteiger partial charge is 0.317 e. The molecule has 0 bridgehead atoms. The van der Waals surface area contributed by atoms with Crippen LogP contribution in [0.5, 0.6) is 0 Å². The molecule has 0 aromatic rings. The van der Waals surface area contributed by atoms with E-state index in [0.29, 0.717) is 13.0 Å². The zero-order valence-electron chi connectivity index (χ0n) is 11.0. The molecule has 2 amide bonds. The van der Waals surface area contributed by atoms with Crippen molar-refractivity contribution < 1.29 is 19.8 Å². The molecule has 6 nitrogen and oxygen atoms in total. The first-order chi connectivity index (χ1) is 9.08. The summed E-state index contributed by atoms with van der Waals surface area (Å²) in [4.78, 5) is 24.4. The van der Waals surface area contributed by atoms with Crippen molar-refractivity contribution in [3.63, 3.8) is 0 Å². The van der Waals surface area contributed by atoms with Gasteiger partial charge in [0.05, 0.1) is 18.1 Å². The Morgan fingerprint density at radius 2 is 1.84 bits per heavy atom. The Hall–Kier alpha value is -1.30. The number of carbonyl (C=O) groups is 2. The maximum absolute atomic E-state index is 12.1. The molecule has 2 rings (SSSR count). The minimum atomic E-state index is -0.843. The summed E-state index contributed by atoms with van der Waals surface area (Å²) in [5, 5.41) is 21.7. The molecule has 1 aliphatic heterocycles. The van der Waals surface area contributed by atoms with Gasteiger partial charge >= 0.3 is 12.0 Å². The minimum absolute atomic E-state index is 0.195. The molecular weight excluding hydrogens is 248 g/mol. The monoisotopic (exact) mass is 270 g/mol. The number of carboxylic acids is 1. The Kier molecular flexibility index (Phi) is 4.63. The Bertz CT molecular complexity index is 348.